The second-order valence-electron chi connectivity index (χ2n) is 5.59. The SMILES string of the molecule is COCC(=O)N1CCN(C(=O)C=Cc2ccc(SC(F)(F)F)cc2)CC1. The number of amides is 2. The molecule has 0 spiro atoms. The number of rotatable bonds is 5. The molecular formula is C17H19F3N2O3S. The molecule has 5 nitrogen and oxygen atoms in total. The number of alkyl halides is 3. The molecule has 0 unspecified atom stereocenters. The first kappa shape index (κ1) is 20.3. The number of piperazine rings is 1. The maximum Gasteiger partial charge on any atom is 0.446 e. The Morgan fingerprint density at radius 2 is 1.69 bits per heavy atom. The number of carbonyl (C=O) groups is 2. The molecule has 1 aromatic carbocycles. The van der Waals surface area contributed by atoms with E-state index in [1.807, 2.05) is 0 Å². The van der Waals surface area contributed by atoms with Gasteiger partial charge in [0.1, 0.15) is 6.61 Å². The van der Waals surface area contributed by atoms with Gasteiger partial charge in [0.2, 0.25) is 11.8 Å². The third-order valence-electron chi connectivity index (χ3n) is 3.74. The van der Waals surface area contributed by atoms with Gasteiger partial charge in [0, 0.05) is 44.3 Å². The normalized spacial score (nSPS) is 15.5. The average Bonchev–Trinajstić information content (AvgIpc) is 2.60. The lowest BCUT2D eigenvalue weighted by Gasteiger charge is -2.34. The summed E-state index contributed by atoms with van der Waals surface area (Å²) in [6, 6.07) is 5.78. The Labute approximate surface area is 153 Å². The highest BCUT2D eigenvalue weighted by atomic mass is 32.2. The van der Waals surface area contributed by atoms with Crippen LogP contribution in [-0.2, 0) is 14.3 Å². The van der Waals surface area contributed by atoms with Crippen LogP contribution in [0.5, 0.6) is 0 Å². The number of carbonyl (C=O) groups excluding carboxylic acids is 2. The van der Waals surface area contributed by atoms with Gasteiger partial charge >= 0.3 is 5.51 Å². The highest BCUT2D eigenvalue weighted by molar-refractivity contribution is 8.00. The zero-order chi connectivity index (χ0) is 19.2. The first-order valence-electron chi connectivity index (χ1n) is 7.88. The van der Waals surface area contributed by atoms with Gasteiger partial charge in [0.15, 0.2) is 0 Å². The van der Waals surface area contributed by atoms with Crippen LogP contribution in [0.25, 0.3) is 6.08 Å². The van der Waals surface area contributed by atoms with Crippen LogP contribution in [0.15, 0.2) is 35.2 Å². The van der Waals surface area contributed by atoms with Crippen molar-refractivity contribution in [2.24, 2.45) is 0 Å². The van der Waals surface area contributed by atoms with Crippen molar-refractivity contribution in [1.29, 1.82) is 0 Å². The lowest BCUT2D eigenvalue weighted by molar-refractivity contribution is -0.140. The van der Waals surface area contributed by atoms with Crippen LogP contribution >= 0.6 is 11.8 Å². The van der Waals surface area contributed by atoms with Crippen molar-refractivity contribution in [2.45, 2.75) is 10.4 Å². The Balaban J connectivity index is 1.85. The molecule has 0 atom stereocenters. The van der Waals surface area contributed by atoms with Crippen LogP contribution in [0, 0.1) is 0 Å². The van der Waals surface area contributed by atoms with Crippen molar-refractivity contribution in [3.05, 3.63) is 35.9 Å². The lowest BCUT2D eigenvalue weighted by atomic mass is 10.2. The van der Waals surface area contributed by atoms with Crippen molar-refractivity contribution < 1.29 is 27.5 Å². The number of halogens is 3. The molecule has 0 aromatic heterocycles. The summed E-state index contributed by atoms with van der Waals surface area (Å²) >= 11 is -0.178. The topological polar surface area (TPSA) is 49.9 Å². The van der Waals surface area contributed by atoms with Crippen LogP contribution < -0.4 is 0 Å². The molecule has 1 aliphatic heterocycles. The molecule has 9 heteroatoms. The minimum absolute atomic E-state index is 0.0243. The van der Waals surface area contributed by atoms with E-state index in [1.165, 1.54) is 37.5 Å². The summed E-state index contributed by atoms with van der Waals surface area (Å²) in [5.74, 6) is -0.301. The van der Waals surface area contributed by atoms with Gasteiger partial charge in [-0.15, -0.1) is 0 Å². The quantitative estimate of drug-likeness (QED) is 0.575. The first-order valence-corrected chi connectivity index (χ1v) is 8.69. The number of hydrogen-bond donors (Lipinski definition) is 0. The Kier molecular flexibility index (Phi) is 7.10. The van der Waals surface area contributed by atoms with Gasteiger partial charge in [-0.1, -0.05) is 12.1 Å². The number of hydrogen-bond acceptors (Lipinski definition) is 4. The van der Waals surface area contributed by atoms with E-state index in [4.69, 9.17) is 4.74 Å². The number of thioether (sulfide) groups is 1. The molecule has 1 saturated heterocycles. The van der Waals surface area contributed by atoms with Crippen molar-refractivity contribution in [2.75, 3.05) is 39.9 Å². The maximum absolute atomic E-state index is 12.3. The average molecular weight is 388 g/mol. The Bertz CT molecular complexity index is 654. The summed E-state index contributed by atoms with van der Waals surface area (Å²) < 4.78 is 41.7. The Morgan fingerprint density at radius 3 is 2.23 bits per heavy atom. The number of methoxy groups -OCH3 is 1. The van der Waals surface area contributed by atoms with Gasteiger partial charge in [-0.05, 0) is 35.5 Å². The zero-order valence-electron chi connectivity index (χ0n) is 14.2. The van der Waals surface area contributed by atoms with Gasteiger partial charge < -0.3 is 14.5 Å². The van der Waals surface area contributed by atoms with Crippen LogP contribution in [0.3, 0.4) is 0 Å². The molecule has 1 aliphatic rings. The summed E-state index contributed by atoms with van der Waals surface area (Å²) in [5, 5.41) is 0. The van der Waals surface area contributed by atoms with E-state index in [0.717, 1.165) is 0 Å². The molecule has 0 radical (unpaired) electrons. The molecule has 0 aliphatic carbocycles. The monoisotopic (exact) mass is 388 g/mol. The van der Waals surface area contributed by atoms with E-state index in [0.29, 0.717) is 31.7 Å². The Morgan fingerprint density at radius 1 is 1.12 bits per heavy atom. The number of ether oxygens (including phenoxy) is 1. The van der Waals surface area contributed by atoms with E-state index >= 15 is 0 Å². The van der Waals surface area contributed by atoms with Gasteiger partial charge in [-0.3, -0.25) is 9.59 Å². The number of nitrogens with zero attached hydrogens (tertiary/aromatic N) is 2. The van der Waals surface area contributed by atoms with Crippen LogP contribution in [0.4, 0.5) is 13.2 Å². The molecule has 0 saturated carbocycles. The summed E-state index contributed by atoms with van der Waals surface area (Å²) in [6.45, 7) is 1.78. The van der Waals surface area contributed by atoms with E-state index in [-0.39, 0.29) is 35.1 Å². The molecular weight excluding hydrogens is 369 g/mol. The van der Waals surface area contributed by atoms with E-state index in [9.17, 15) is 22.8 Å². The second kappa shape index (κ2) is 9.09. The highest BCUT2D eigenvalue weighted by Gasteiger charge is 2.29. The van der Waals surface area contributed by atoms with Crippen molar-refractivity contribution in [3.63, 3.8) is 0 Å². The minimum Gasteiger partial charge on any atom is -0.375 e. The Hall–Kier alpha value is -2.00. The molecule has 1 heterocycles. The van der Waals surface area contributed by atoms with E-state index in [1.54, 1.807) is 15.9 Å². The number of benzene rings is 1. The smallest absolute Gasteiger partial charge is 0.375 e. The van der Waals surface area contributed by atoms with Crippen molar-refractivity contribution in [3.8, 4) is 0 Å². The second-order valence-corrected chi connectivity index (χ2v) is 6.73. The molecule has 2 amide bonds. The van der Waals surface area contributed by atoms with Gasteiger partial charge in [0.25, 0.3) is 0 Å². The largest absolute Gasteiger partial charge is 0.446 e. The third-order valence-corrected chi connectivity index (χ3v) is 4.48. The fourth-order valence-corrected chi connectivity index (χ4v) is 2.98. The fraction of sp³-hybridized carbons (Fsp3) is 0.412. The summed E-state index contributed by atoms with van der Waals surface area (Å²) in [6.07, 6.45) is 2.95. The molecule has 2 rings (SSSR count). The first-order chi connectivity index (χ1) is 12.3. The molecule has 1 fully saturated rings. The lowest BCUT2D eigenvalue weighted by Crippen LogP contribution is -2.51. The summed E-state index contributed by atoms with van der Waals surface area (Å²) in [5.41, 5.74) is -3.68. The molecule has 0 bridgehead atoms. The van der Waals surface area contributed by atoms with Crippen LogP contribution in [0.2, 0.25) is 0 Å². The predicted octanol–water partition coefficient (Wildman–Crippen LogP) is 2.63. The van der Waals surface area contributed by atoms with Gasteiger partial charge in [-0.2, -0.15) is 13.2 Å². The summed E-state index contributed by atoms with van der Waals surface area (Å²) in [4.78, 5) is 27.3. The fourth-order valence-electron chi connectivity index (χ4n) is 2.44. The predicted molar refractivity (Wildman–Crippen MR) is 92.4 cm³/mol. The molecule has 26 heavy (non-hydrogen) atoms. The standard InChI is InChI=1S/C17H19F3N2O3S/c1-25-12-16(24)22-10-8-21(9-11-22)15(23)7-4-13-2-5-14(6-3-13)26-17(18,19)20/h2-7H,8-12H2,1H3. The van der Waals surface area contributed by atoms with E-state index < -0.39 is 5.51 Å². The van der Waals surface area contributed by atoms with Crippen LogP contribution in [-0.4, -0.2) is 67.0 Å². The minimum atomic E-state index is -4.32. The summed E-state index contributed by atoms with van der Waals surface area (Å²) in [7, 11) is 1.46. The molecule has 0 N–H and O–H groups in total. The third kappa shape index (κ3) is 6.38. The van der Waals surface area contributed by atoms with Crippen molar-refractivity contribution >= 4 is 29.7 Å². The van der Waals surface area contributed by atoms with Crippen LogP contribution in [0.1, 0.15) is 5.56 Å². The van der Waals surface area contributed by atoms with E-state index in [2.05, 4.69) is 0 Å². The zero-order valence-corrected chi connectivity index (χ0v) is 15.0. The van der Waals surface area contributed by atoms with Gasteiger partial charge in [-0.25, -0.2) is 0 Å². The molecule has 1 aromatic rings. The maximum atomic E-state index is 12.3. The molecule has 142 valence electrons. The van der Waals surface area contributed by atoms with Gasteiger partial charge in [0.05, 0.1) is 0 Å². The highest BCUT2D eigenvalue weighted by Crippen LogP contribution is 2.36. The van der Waals surface area contributed by atoms with Crippen molar-refractivity contribution in [1.82, 2.24) is 9.80 Å².